The van der Waals surface area contributed by atoms with E-state index in [-0.39, 0.29) is 11.8 Å². The van der Waals surface area contributed by atoms with Gasteiger partial charge in [0.25, 0.3) is 0 Å². The molecule has 4 nitrogen and oxygen atoms in total. The van der Waals surface area contributed by atoms with E-state index in [1.54, 1.807) is 0 Å². The van der Waals surface area contributed by atoms with E-state index in [4.69, 9.17) is 5.26 Å². The Morgan fingerprint density at radius 2 is 2.00 bits per heavy atom. The van der Waals surface area contributed by atoms with Gasteiger partial charge in [0, 0.05) is 29.0 Å². The summed E-state index contributed by atoms with van der Waals surface area (Å²) in [4.78, 5) is 14.4. The number of likely N-dealkylation sites (tertiary alicyclic amines) is 1. The number of piperidine rings is 1. The number of carbonyl (C=O) groups is 1. The molecule has 1 fully saturated rings. The van der Waals surface area contributed by atoms with Gasteiger partial charge in [-0.2, -0.15) is 5.26 Å². The Labute approximate surface area is 127 Å². The zero-order chi connectivity index (χ0) is 14.4. The van der Waals surface area contributed by atoms with Gasteiger partial charge in [0.1, 0.15) is 0 Å². The van der Waals surface area contributed by atoms with Gasteiger partial charge >= 0.3 is 0 Å². The van der Waals surface area contributed by atoms with Crippen molar-refractivity contribution in [1.82, 2.24) is 4.90 Å². The summed E-state index contributed by atoms with van der Waals surface area (Å²) in [5.74, 6) is 0.184. The summed E-state index contributed by atoms with van der Waals surface area (Å²) in [5, 5.41) is 11.5. The molecule has 1 aromatic rings. The van der Waals surface area contributed by atoms with Crippen molar-refractivity contribution in [1.29, 1.82) is 5.26 Å². The van der Waals surface area contributed by atoms with Crippen LogP contribution in [-0.4, -0.2) is 30.4 Å². The fraction of sp³-hybridized carbons (Fsp3) is 0.467. The van der Waals surface area contributed by atoms with E-state index in [1.165, 1.54) is 0 Å². The molecule has 20 heavy (non-hydrogen) atoms. The zero-order valence-electron chi connectivity index (χ0n) is 11.3. The Hall–Kier alpha value is -1.38. The molecule has 0 unspecified atom stereocenters. The average Bonchev–Trinajstić information content (AvgIpc) is 2.48. The first-order valence-electron chi connectivity index (χ1n) is 6.85. The molecule has 1 saturated heterocycles. The third-order valence-corrected chi connectivity index (χ3v) is 4.14. The lowest BCUT2D eigenvalue weighted by molar-refractivity contribution is -0.121. The fourth-order valence-corrected chi connectivity index (χ4v) is 2.67. The molecule has 1 amide bonds. The first-order valence-corrected chi connectivity index (χ1v) is 7.64. The summed E-state index contributed by atoms with van der Waals surface area (Å²) < 4.78 is 1.00. The topological polar surface area (TPSA) is 56.1 Å². The molecule has 1 aliphatic rings. The van der Waals surface area contributed by atoms with Crippen molar-refractivity contribution < 1.29 is 4.79 Å². The van der Waals surface area contributed by atoms with Crippen LogP contribution in [0, 0.1) is 17.2 Å². The predicted octanol–water partition coefficient (Wildman–Crippen LogP) is 3.01. The van der Waals surface area contributed by atoms with Gasteiger partial charge in [0.05, 0.1) is 6.07 Å². The third kappa shape index (κ3) is 4.32. The molecule has 0 bridgehead atoms. The minimum Gasteiger partial charge on any atom is -0.326 e. The summed E-state index contributed by atoms with van der Waals surface area (Å²) in [6.45, 7) is 2.62. The number of carbonyl (C=O) groups excluding carboxylic acids is 1. The molecule has 1 aromatic carbocycles. The van der Waals surface area contributed by atoms with Crippen LogP contribution in [0.3, 0.4) is 0 Å². The summed E-state index contributed by atoms with van der Waals surface area (Å²) in [6.07, 6.45) is 2.30. The Morgan fingerprint density at radius 1 is 1.35 bits per heavy atom. The predicted molar refractivity (Wildman–Crippen MR) is 82.2 cm³/mol. The van der Waals surface area contributed by atoms with E-state index >= 15 is 0 Å². The summed E-state index contributed by atoms with van der Waals surface area (Å²) in [7, 11) is 0. The average molecular weight is 336 g/mol. The molecule has 0 aromatic heterocycles. The number of halogens is 1. The van der Waals surface area contributed by atoms with Gasteiger partial charge in [-0.25, -0.2) is 0 Å². The maximum Gasteiger partial charge on any atom is 0.227 e. The van der Waals surface area contributed by atoms with Crippen molar-refractivity contribution in [3.63, 3.8) is 0 Å². The Bertz CT molecular complexity index is 487. The first-order chi connectivity index (χ1) is 9.69. The molecule has 2 rings (SSSR count). The number of anilines is 1. The minimum atomic E-state index is 0.0805. The molecular formula is C15H18BrN3O. The molecule has 0 atom stereocenters. The number of nitriles is 1. The number of amides is 1. The quantitative estimate of drug-likeness (QED) is 0.920. The number of benzene rings is 1. The van der Waals surface area contributed by atoms with E-state index in [9.17, 15) is 4.79 Å². The van der Waals surface area contributed by atoms with E-state index < -0.39 is 0 Å². The smallest absolute Gasteiger partial charge is 0.227 e. The summed E-state index contributed by atoms with van der Waals surface area (Å²) in [5.41, 5.74) is 0.838. The maximum absolute atomic E-state index is 12.2. The first kappa shape index (κ1) is 15.0. The second kappa shape index (κ2) is 7.41. The molecule has 1 N–H and O–H groups in total. The van der Waals surface area contributed by atoms with Gasteiger partial charge in [-0.15, -0.1) is 0 Å². The highest BCUT2D eigenvalue weighted by Gasteiger charge is 2.24. The summed E-state index contributed by atoms with van der Waals surface area (Å²) in [6, 6.07) is 9.78. The lowest BCUT2D eigenvalue weighted by atomic mass is 9.95. The van der Waals surface area contributed by atoms with Gasteiger partial charge in [-0.3, -0.25) is 4.79 Å². The molecule has 0 aliphatic carbocycles. The second-order valence-corrected chi connectivity index (χ2v) is 5.94. The van der Waals surface area contributed by atoms with Crippen molar-refractivity contribution in [2.75, 3.05) is 25.0 Å². The van der Waals surface area contributed by atoms with Crippen molar-refractivity contribution in [2.45, 2.75) is 19.3 Å². The van der Waals surface area contributed by atoms with Crippen LogP contribution in [0.15, 0.2) is 28.7 Å². The van der Waals surface area contributed by atoms with Crippen molar-refractivity contribution >= 4 is 27.5 Å². The molecule has 0 radical (unpaired) electrons. The van der Waals surface area contributed by atoms with Gasteiger partial charge < -0.3 is 10.2 Å². The van der Waals surface area contributed by atoms with Gasteiger partial charge in [-0.05, 0) is 50.2 Å². The van der Waals surface area contributed by atoms with E-state index in [2.05, 4.69) is 32.2 Å². The van der Waals surface area contributed by atoms with Crippen LogP contribution in [0.1, 0.15) is 19.3 Å². The third-order valence-electron chi connectivity index (χ3n) is 3.61. The van der Waals surface area contributed by atoms with Crippen LogP contribution in [0.5, 0.6) is 0 Å². The normalized spacial score (nSPS) is 16.6. The number of nitrogens with one attached hydrogen (secondary N) is 1. The largest absolute Gasteiger partial charge is 0.326 e. The number of rotatable bonds is 4. The second-order valence-electron chi connectivity index (χ2n) is 5.02. The van der Waals surface area contributed by atoms with Gasteiger partial charge in [0.15, 0.2) is 0 Å². The molecule has 5 heteroatoms. The van der Waals surface area contributed by atoms with Crippen LogP contribution in [-0.2, 0) is 4.79 Å². The van der Waals surface area contributed by atoms with Crippen molar-refractivity contribution in [3.05, 3.63) is 28.7 Å². The van der Waals surface area contributed by atoms with Crippen LogP contribution in [0.4, 0.5) is 5.69 Å². The molecular weight excluding hydrogens is 318 g/mol. The Kier molecular flexibility index (Phi) is 5.57. The van der Waals surface area contributed by atoms with Crippen LogP contribution in [0.25, 0.3) is 0 Å². The van der Waals surface area contributed by atoms with E-state index in [1.807, 2.05) is 24.3 Å². The van der Waals surface area contributed by atoms with E-state index in [0.29, 0.717) is 6.42 Å². The van der Waals surface area contributed by atoms with Crippen molar-refractivity contribution in [3.8, 4) is 6.07 Å². The van der Waals surface area contributed by atoms with E-state index in [0.717, 1.165) is 42.6 Å². The Balaban J connectivity index is 1.80. The summed E-state index contributed by atoms with van der Waals surface area (Å²) >= 11 is 3.37. The van der Waals surface area contributed by atoms with Crippen LogP contribution < -0.4 is 5.32 Å². The molecule has 0 saturated carbocycles. The highest BCUT2D eigenvalue weighted by molar-refractivity contribution is 9.10. The number of nitrogens with zero attached hydrogens (tertiary/aromatic N) is 2. The SMILES string of the molecule is N#CCCN1CCC(C(=O)Nc2ccc(Br)cc2)CC1. The maximum atomic E-state index is 12.2. The number of hydrogen-bond acceptors (Lipinski definition) is 3. The Morgan fingerprint density at radius 3 is 2.60 bits per heavy atom. The van der Waals surface area contributed by atoms with Crippen molar-refractivity contribution in [2.24, 2.45) is 5.92 Å². The number of hydrogen-bond donors (Lipinski definition) is 1. The van der Waals surface area contributed by atoms with Crippen LogP contribution in [0.2, 0.25) is 0 Å². The lowest BCUT2D eigenvalue weighted by Gasteiger charge is -2.30. The molecule has 0 spiro atoms. The fourth-order valence-electron chi connectivity index (χ4n) is 2.40. The lowest BCUT2D eigenvalue weighted by Crippen LogP contribution is -2.38. The van der Waals surface area contributed by atoms with Gasteiger partial charge in [-0.1, -0.05) is 15.9 Å². The van der Waals surface area contributed by atoms with Gasteiger partial charge in [0.2, 0.25) is 5.91 Å². The standard InChI is InChI=1S/C15H18BrN3O/c16-13-2-4-14(5-3-13)18-15(20)12-6-10-19(11-7-12)9-1-8-17/h2-5,12H,1,6-7,9-11H2,(H,18,20). The molecule has 1 aliphatic heterocycles. The zero-order valence-corrected chi connectivity index (χ0v) is 12.9. The molecule has 1 heterocycles. The highest BCUT2D eigenvalue weighted by Crippen LogP contribution is 2.20. The monoisotopic (exact) mass is 335 g/mol. The van der Waals surface area contributed by atoms with Crippen LogP contribution >= 0.6 is 15.9 Å². The highest BCUT2D eigenvalue weighted by atomic mass is 79.9. The minimum absolute atomic E-state index is 0.0805. The molecule has 106 valence electrons.